The summed E-state index contributed by atoms with van der Waals surface area (Å²) in [6, 6.07) is 3.65. The number of fused-ring (bicyclic) bond motifs is 2. The summed E-state index contributed by atoms with van der Waals surface area (Å²) in [6.07, 6.45) is 11.1. The molecule has 1 aromatic carbocycles. The minimum absolute atomic E-state index is 0.0171. The van der Waals surface area contributed by atoms with Crippen LogP contribution < -0.4 is 0 Å². The number of rotatable bonds is 10. The molecule has 2 saturated carbocycles. The van der Waals surface area contributed by atoms with Crippen molar-refractivity contribution in [3.8, 4) is 11.5 Å². The zero-order chi connectivity index (χ0) is 33.2. The van der Waals surface area contributed by atoms with Crippen molar-refractivity contribution in [3.05, 3.63) is 75.9 Å². The summed E-state index contributed by atoms with van der Waals surface area (Å²) in [5.74, 6) is -3.36. The van der Waals surface area contributed by atoms with Crippen LogP contribution >= 0.6 is 0 Å². The van der Waals surface area contributed by atoms with Gasteiger partial charge in [0.05, 0.1) is 5.41 Å². The summed E-state index contributed by atoms with van der Waals surface area (Å²) in [4.78, 5) is 44.3. The minimum atomic E-state index is -1.59. The molecule has 238 valence electrons. The Hall–Kier alpha value is -3.67. The average molecular weight is 603 g/mol. The third kappa shape index (κ3) is 6.27. The Balaban J connectivity index is 2.32. The molecule has 2 aliphatic rings. The van der Waals surface area contributed by atoms with E-state index in [9.17, 15) is 29.7 Å². The number of phenolic OH excluding ortho intramolecular Hbond substituents is 2. The van der Waals surface area contributed by atoms with Crippen LogP contribution in [0.3, 0.4) is 0 Å². The number of phenols is 2. The molecule has 0 aromatic heterocycles. The summed E-state index contributed by atoms with van der Waals surface area (Å²) in [5.41, 5.74) is 0.00501. The Morgan fingerprint density at radius 2 is 1.41 bits per heavy atom. The number of aliphatic hydroxyl groups is 1. The van der Waals surface area contributed by atoms with Gasteiger partial charge in [-0.2, -0.15) is 0 Å². The fraction of sp³-hybridized carbons (Fsp3) is 0.500. The first-order valence-corrected chi connectivity index (χ1v) is 15.6. The quantitative estimate of drug-likeness (QED) is 0.0616. The third-order valence-electron chi connectivity index (χ3n) is 9.82. The van der Waals surface area contributed by atoms with Gasteiger partial charge in [-0.3, -0.25) is 14.4 Å². The van der Waals surface area contributed by atoms with Crippen LogP contribution in [-0.4, -0.2) is 32.7 Å². The molecule has 0 saturated heterocycles. The number of Topliss-reactive ketones (excluding diaryl/α,β-unsaturated/α-hetero) is 3. The topological polar surface area (TPSA) is 112 Å². The summed E-state index contributed by atoms with van der Waals surface area (Å²) in [6.45, 7) is 17.8. The highest BCUT2D eigenvalue weighted by Crippen LogP contribution is 2.65. The predicted octanol–water partition coefficient (Wildman–Crippen LogP) is 8.90. The van der Waals surface area contributed by atoms with Crippen molar-refractivity contribution < 1.29 is 29.7 Å². The van der Waals surface area contributed by atoms with Crippen molar-refractivity contribution in [1.29, 1.82) is 0 Å². The van der Waals surface area contributed by atoms with Gasteiger partial charge in [0.2, 0.25) is 0 Å². The lowest BCUT2D eigenvalue weighted by Gasteiger charge is -2.60. The van der Waals surface area contributed by atoms with Crippen LogP contribution in [0.2, 0.25) is 0 Å². The third-order valence-corrected chi connectivity index (χ3v) is 9.82. The second kappa shape index (κ2) is 13.1. The molecule has 2 bridgehead atoms. The maximum atomic E-state index is 14.9. The number of carbonyl (C=O) groups is 3. The molecule has 2 aliphatic carbocycles. The number of aliphatic hydroxyl groups excluding tert-OH is 1. The van der Waals surface area contributed by atoms with Gasteiger partial charge in [-0.25, -0.2) is 0 Å². The number of hydrogen-bond acceptors (Lipinski definition) is 6. The van der Waals surface area contributed by atoms with Crippen molar-refractivity contribution in [1.82, 2.24) is 0 Å². The van der Waals surface area contributed by atoms with E-state index < -0.39 is 50.6 Å². The molecule has 6 heteroatoms. The Kier molecular flexibility index (Phi) is 10.4. The summed E-state index contributed by atoms with van der Waals surface area (Å²) >= 11 is 0. The molecule has 44 heavy (non-hydrogen) atoms. The first-order chi connectivity index (χ1) is 20.4. The van der Waals surface area contributed by atoms with E-state index in [1.165, 1.54) is 23.3 Å². The van der Waals surface area contributed by atoms with Gasteiger partial charge in [-0.15, -0.1) is 0 Å². The smallest absolute Gasteiger partial charge is 0.184 e. The van der Waals surface area contributed by atoms with Crippen LogP contribution in [0.15, 0.2) is 70.4 Å². The van der Waals surface area contributed by atoms with Crippen LogP contribution in [0.5, 0.6) is 11.5 Å². The molecule has 3 atom stereocenters. The highest BCUT2D eigenvalue weighted by Gasteiger charge is 2.73. The van der Waals surface area contributed by atoms with Crippen LogP contribution in [0.25, 0.3) is 5.76 Å². The first kappa shape index (κ1) is 34.8. The van der Waals surface area contributed by atoms with E-state index in [-0.39, 0.29) is 36.5 Å². The van der Waals surface area contributed by atoms with Gasteiger partial charge in [0.25, 0.3) is 0 Å². The Morgan fingerprint density at radius 1 is 0.818 bits per heavy atom. The second-order valence-corrected chi connectivity index (χ2v) is 14.1. The number of carbonyl (C=O) groups excluding carboxylic acids is 3. The van der Waals surface area contributed by atoms with Crippen molar-refractivity contribution in [2.45, 2.75) is 101 Å². The first-order valence-electron chi connectivity index (χ1n) is 15.6. The van der Waals surface area contributed by atoms with E-state index in [0.29, 0.717) is 6.42 Å². The Morgan fingerprint density at radius 3 is 1.98 bits per heavy atom. The molecular formula is C38H50O6. The van der Waals surface area contributed by atoms with Gasteiger partial charge in [0.1, 0.15) is 16.7 Å². The monoisotopic (exact) mass is 602 g/mol. The molecule has 0 aliphatic heterocycles. The van der Waals surface area contributed by atoms with Crippen LogP contribution in [-0.2, 0) is 14.4 Å². The number of allylic oxidation sites excluding steroid dienone is 9. The Bertz CT molecular complexity index is 1480. The zero-order valence-corrected chi connectivity index (χ0v) is 27.9. The number of benzene rings is 1. The highest BCUT2D eigenvalue weighted by molar-refractivity contribution is 6.41. The van der Waals surface area contributed by atoms with Gasteiger partial charge >= 0.3 is 0 Å². The molecule has 3 rings (SSSR count). The van der Waals surface area contributed by atoms with E-state index in [1.54, 1.807) is 0 Å². The predicted molar refractivity (Wildman–Crippen MR) is 176 cm³/mol. The summed E-state index contributed by atoms with van der Waals surface area (Å²) < 4.78 is 0. The molecule has 2 fully saturated rings. The summed E-state index contributed by atoms with van der Waals surface area (Å²) in [5, 5.41) is 31.5. The van der Waals surface area contributed by atoms with Gasteiger partial charge in [-0.05, 0) is 117 Å². The van der Waals surface area contributed by atoms with Gasteiger partial charge in [0, 0.05) is 5.56 Å². The van der Waals surface area contributed by atoms with E-state index in [1.807, 2.05) is 53.7 Å². The normalized spacial score (nSPS) is 25.8. The van der Waals surface area contributed by atoms with Gasteiger partial charge < -0.3 is 15.3 Å². The van der Waals surface area contributed by atoms with E-state index in [0.717, 1.165) is 30.1 Å². The number of aromatic hydroxyl groups is 2. The maximum Gasteiger partial charge on any atom is 0.184 e. The molecule has 3 N–H and O–H groups in total. The maximum absolute atomic E-state index is 14.9. The molecule has 1 aromatic rings. The van der Waals surface area contributed by atoms with E-state index >= 15 is 0 Å². The molecular weight excluding hydrogens is 552 g/mol. The molecule has 0 spiro atoms. The molecule has 6 nitrogen and oxygen atoms in total. The van der Waals surface area contributed by atoms with Crippen LogP contribution in [0.4, 0.5) is 0 Å². The number of ketones is 3. The largest absolute Gasteiger partial charge is 0.506 e. The summed E-state index contributed by atoms with van der Waals surface area (Å²) in [7, 11) is 0. The molecule has 0 radical (unpaired) electrons. The second-order valence-electron chi connectivity index (χ2n) is 14.1. The molecule has 0 heterocycles. The lowest BCUT2D eigenvalue weighted by molar-refractivity contribution is -0.176. The lowest BCUT2D eigenvalue weighted by atomic mass is 9.38. The van der Waals surface area contributed by atoms with E-state index in [2.05, 4.69) is 32.9 Å². The average Bonchev–Trinajstić information content (AvgIpc) is 2.92. The highest BCUT2D eigenvalue weighted by atomic mass is 16.3. The standard InChI is InChI=1S/C38H50O6/c1-23(2)11-10-12-26(7)13-15-28-22-37(19-17-24(3)4)33(42)31(32(41)27-14-16-29(39)30(40)21-27)34(43)38(35(37)44,36(28,8)9)20-18-25(5)6/h11,13-14,16-18,21,28,39-41H,10,12,15,19-20,22H2,1-9H3. The minimum Gasteiger partial charge on any atom is -0.506 e. The van der Waals surface area contributed by atoms with Crippen molar-refractivity contribution in [2.75, 3.05) is 0 Å². The zero-order valence-electron chi connectivity index (χ0n) is 27.9. The molecule has 3 unspecified atom stereocenters. The van der Waals surface area contributed by atoms with Gasteiger partial charge in [0.15, 0.2) is 28.8 Å². The number of hydrogen-bond donors (Lipinski definition) is 3. The lowest BCUT2D eigenvalue weighted by Crippen LogP contribution is -2.69. The van der Waals surface area contributed by atoms with Crippen molar-refractivity contribution in [2.24, 2.45) is 22.2 Å². The molecule has 0 amide bonds. The van der Waals surface area contributed by atoms with Crippen molar-refractivity contribution >= 4 is 23.1 Å². The van der Waals surface area contributed by atoms with Crippen molar-refractivity contribution in [3.63, 3.8) is 0 Å². The van der Waals surface area contributed by atoms with E-state index in [4.69, 9.17) is 0 Å². The fourth-order valence-electron chi connectivity index (χ4n) is 6.86. The fourth-order valence-corrected chi connectivity index (χ4v) is 6.86. The SMILES string of the molecule is CC(C)=CCCC(C)=CCC1CC2(CC=C(C)C)C(=O)C(=C(O)c3ccc(O)c(O)c3)C(=O)C(CC=C(C)C)(C2=O)C1(C)C. The van der Waals surface area contributed by atoms with Crippen LogP contribution in [0, 0.1) is 22.2 Å². The van der Waals surface area contributed by atoms with Crippen LogP contribution in [0.1, 0.15) is 106 Å². The van der Waals surface area contributed by atoms with Gasteiger partial charge in [-0.1, -0.05) is 60.4 Å². The Labute approximate surface area is 263 Å².